The zero-order valence-electron chi connectivity index (χ0n) is 11.7. The van der Waals surface area contributed by atoms with Crippen LogP contribution in [0.4, 0.5) is 0 Å². The fourth-order valence-electron chi connectivity index (χ4n) is 3.38. The van der Waals surface area contributed by atoms with E-state index in [-0.39, 0.29) is 0 Å². The maximum atomic E-state index is 2.59. The van der Waals surface area contributed by atoms with Crippen LogP contribution in [0.3, 0.4) is 0 Å². The third-order valence-corrected chi connectivity index (χ3v) is 10.4. The smallest absolute Gasteiger partial charge is 0.0473 e. The van der Waals surface area contributed by atoms with Crippen molar-refractivity contribution < 1.29 is 0 Å². The van der Waals surface area contributed by atoms with Crippen molar-refractivity contribution in [3.8, 4) is 0 Å². The molecular weight excluding hydrogens is 212 g/mol. The summed E-state index contributed by atoms with van der Waals surface area (Å²) in [4.78, 5) is 0. The van der Waals surface area contributed by atoms with Crippen LogP contribution in [0, 0.1) is 0 Å². The summed E-state index contributed by atoms with van der Waals surface area (Å²) < 4.78 is 0. The lowest BCUT2D eigenvalue weighted by Gasteiger charge is -2.41. The second kappa shape index (κ2) is 4.74. The highest BCUT2D eigenvalue weighted by molar-refractivity contribution is 6.83. The zero-order chi connectivity index (χ0) is 11.7. The Morgan fingerprint density at radius 2 is 0.933 bits per heavy atom. The maximum Gasteiger partial charge on any atom is 0.0473 e. The molecule has 0 aromatic heterocycles. The molecule has 2 atom stereocenters. The Balaban J connectivity index is 2.86. The monoisotopic (exact) mass is 242 g/mol. The minimum absolute atomic E-state index is 0.927. The van der Waals surface area contributed by atoms with Gasteiger partial charge in [0.2, 0.25) is 0 Å². The van der Waals surface area contributed by atoms with Crippen LogP contribution in [-0.4, -0.2) is 16.1 Å². The normalized spacial score (nSPS) is 30.0. The van der Waals surface area contributed by atoms with E-state index in [4.69, 9.17) is 0 Å². The highest BCUT2D eigenvalue weighted by Gasteiger charge is 2.40. The van der Waals surface area contributed by atoms with E-state index in [0.29, 0.717) is 0 Å². The Morgan fingerprint density at radius 3 is 1.20 bits per heavy atom. The molecule has 2 heteroatoms. The lowest BCUT2D eigenvalue weighted by molar-refractivity contribution is 0.655. The summed E-state index contributed by atoms with van der Waals surface area (Å²) >= 11 is 0. The highest BCUT2D eigenvalue weighted by Crippen LogP contribution is 2.48. The molecule has 1 aliphatic carbocycles. The first-order chi connectivity index (χ1) is 6.73. The summed E-state index contributed by atoms with van der Waals surface area (Å²) in [6, 6.07) is 0. The summed E-state index contributed by atoms with van der Waals surface area (Å²) in [6.45, 7) is 15.6. The molecule has 1 saturated carbocycles. The van der Waals surface area contributed by atoms with Crippen molar-refractivity contribution in [2.75, 3.05) is 0 Å². The summed E-state index contributed by atoms with van der Waals surface area (Å²) in [6.07, 6.45) is 7.61. The number of hydrogen-bond acceptors (Lipinski definition) is 0. The fourth-order valence-corrected chi connectivity index (χ4v) is 11.3. The van der Waals surface area contributed by atoms with Crippen LogP contribution in [0.2, 0.25) is 50.4 Å². The zero-order valence-corrected chi connectivity index (χ0v) is 13.7. The molecule has 0 aromatic rings. The van der Waals surface area contributed by atoms with Gasteiger partial charge in [-0.3, -0.25) is 0 Å². The minimum Gasteiger partial charge on any atom is -0.0693 e. The van der Waals surface area contributed by atoms with Crippen LogP contribution < -0.4 is 0 Å². The van der Waals surface area contributed by atoms with E-state index in [2.05, 4.69) is 39.3 Å². The van der Waals surface area contributed by atoms with E-state index in [1.807, 2.05) is 0 Å². The third-order valence-electron chi connectivity index (χ3n) is 4.24. The predicted molar refractivity (Wildman–Crippen MR) is 77.3 cm³/mol. The number of hydrogen-bond donors (Lipinski definition) is 0. The van der Waals surface area contributed by atoms with E-state index in [1.165, 1.54) is 19.3 Å². The van der Waals surface area contributed by atoms with Crippen molar-refractivity contribution in [3.63, 3.8) is 0 Å². The van der Waals surface area contributed by atoms with Gasteiger partial charge in [0.15, 0.2) is 0 Å². The molecule has 0 heterocycles. The summed E-state index contributed by atoms with van der Waals surface area (Å²) in [5.74, 6) is 0. The van der Waals surface area contributed by atoms with Crippen molar-refractivity contribution in [2.45, 2.75) is 82.5 Å². The first-order valence-electron chi connectivity index (χ1n) is 6.73. The molecule has 0 unspecified atom stereocenters. The van der Waals surface area contributed by atoms with Crippen molar-refractivity contribution in [1.82, 2.24) is 0 Å². The SMILES string of the molecule is C[Si](C)(C)[C@@H]1CCCCC[C@@H]1[Si](C)(C)C. The first kappa shape index (κ1) is 13.5. The molecule has 0 bridgehead atoms. The summed E-state index contributed by atoms with van der Waals surface area (Å²) in [5, 5.41) is 0. The van der Waals surface area contributed by atoms with Crippen LogP contribution >= 0.6 is 0 Å². The average Bonchev–Trinajstić information content (AvgIpc) is 2.24. The summed E-state index contributed by atoms with van der Waals surface area (Å²) in [5.41, 5.74) is 2.23. The van der Waals surface area contributed by atoms with Gasteiger partial charge in [-0.15, -0.1) is 0 Å². The highest BCUT2D eigenvalue weighted by atomic mass is 28.3. The van der Waals surface area contributed by atoms with Crippen LogP contribution in [0.5, 0.6) is 0 Å². The third kappa shape index (κ3) is 3.74. The number of rotatable bonds is 2. The second-order valence-corrected chi connectivity index (χ2v) is 18.5. The van der Waals surface area contributed by atoms with Crippen molar-refractivity contribution in [2.24, 2.45) is 0 Å². The van der Waals surface area contributed by atoms with Gasteiger partial charge in [-0.25, -0.2) is 0 Å². The van der Waals surface area contributed by atoms with Gasteiger partial charge in [0.05, 0.1) is 0 Å². The Labute approximate surface area is 98.9 Å². The van der Waals surface area contributed by atoms with Crippen LogP contribution in [-0.2, 0) is 0 Å². The molecule has 1 aliphatic rings. The molecule has 0 amide bonds. The van der Waals surface area contributed by atoms with Gasteiger partial charge >= 0.3 is 0 Å². The van der Waals surface area contributed by atoms with Crippen molar-refractivity contribution in [1.29, 1.82) is 0 Å². The fraction of sp³-hybridized carbons (Fsp3) is 1.00. The van der Waals surface area contributed by atoms with E-state index < -0.39 is 16.1 Å². The lowest BCUT2D eigenvalue weighted by Crippen LogP contribution is -2.40. The molecule has 0 saturated heterocycles. The van der Waals surface area contributed by atoms with Crippen LogP contribution in [0.1, 0.15) is 32.1 Å². The van der Waals surface area contributed by atoms with Gasteiger partial charge in [-0.1, -0.05) is 71.4 Å². The van der Waals surface area contributed by atoms with Crippen molar-refractivity contribution >= 4 is 16.1 Å². The van der Waals surface area contributed by atoms with E-state index in [0.717, 1.165) is 11.1 Å². The Kier molecular flexibility index (Phi) is 4.27. The molecule has 0 nitrogen and oxygen atoms in total. The Hall–Kier alpha value is 0.434. The first-order valence-corrected chi connectivity index (χ1v) is 13.9. The van der Waals surface area contributed by atoms with E-state index in [1.54, 1.807) is 12.8 Å². The molecular formula is C13H30Si2. The standard InChI is InChI=1S/C13H30Si2/c1-14(2,3)12-10-8-7-9-11-13(12)15(4,5)6/h12-13H,7-11H2,1-6H3/t12-,13+. The Morgan fingerprint density at radius 1 is 0.600 bits per heavy atom. The van der Waals surface area contributed by atoms with Crippen molar-refractivity contribution in [3.05, 3.63) is 0 Å². The lowest BCUT2D eigenvalue weighted by atomic mass is 10.2. The molecule has 0 aliphatic heterocycles. The molecule has 90 valence electrons. The second-order valence-electron chi connectivity index (χ2n) is 7.58. The largest absolute Gasteiger partial charge is 0.0693 e. The molecule has 0 radical (unpaired) electrons. The molecule has 0 N–H and O–H groups in total. The van der Waals surface area contributed by atoms with Crippen LogP contribution in [0.25, 0.3) is 0 Å². The average molecular weight is 243 g/mol. The van der Waals surface area contributed by atoms with E-state index in [9.17, 15) is 0 Å². The molecule has 1 rings (SSSR count). The predicted octanol–water partition coefficient (Wildman–Crippen LogP) is 5.37. The maximum absolute atomic E-state index is 2.59. The Bertz CT molecular complexity index is 176. The quantitative estimate of drug-likeness (QED) is 0.451. The van der Waals surface area contributed by atoms with Gasteiger partial charge in [0, 0.05) is 16.1 Å². The van der Waals surface area contributed by atoms with Gasteiger partial charge in [-0.2, -0.15) is 0 Å². The van der Waals surface area contributed by atoms with E-state index >= 15 is 0 Å². The van der Waals surface area contributed by atoms with Gasteiger partial charge < -0.3 is 0 Å². The topological polar surface area (TPSA) is 0 Å². The van der Waals surface area contributed by atoms with Gasteiger partial charge in [0.1, 0.15) is 0 Å². The molecule has 0 spiro atoms. The molecule has 1 fully saturated rings. The van der Waals surface area contributed by atoms with Gasteiger partial charge in [-0.05, 0) is 11.1 Å². The molecule has 15 heavy (non-hydrogen) atoms. The van der Waals surface area contributed by atoms with Gasteiger partial charge in [0.25, 0.3) is 0 Å². The minimum atomic E-state index is -0.927. The molecule has 0 aromatic carbocycles. The van der Waals surface area contributed by atoms with Crippen LogP contribution in [0.15, 0.2) is 0 Å². The summed E-state index contributed by atoms with van der Waals surface area (Å²) in [7, 11) is -1.85.